The first-order chi connectivity index (χ1) is 12.9. The van der Waals surface area contributed by atoms with Gasteiger partial charge < -0.3 is 19.9 Å². The van der Waals surface area contributed by atoms with Crippen LogP contribution in [-0.2, 0) is 9.53 Å². The Morgan fingerprint density at radius 2 is 1.75 bits per heavy atom. The zero-order chi connectivity index (χ0) is 21.5. The molecule has 0 radical (unpaired) electrons. The summed E-state index contributed by atoms with van der Waals surface area (Å²) in [4.78, 5) is 36.1. The minimum atomic E-state index is -1.25. The van der Waals surface area contributed by atoms with Crippen LogP contribution < -0.4 is 10.1 Å². The van der Waals surface area contributed by atoms with Crippen molar-refractivity contribution in [2.45, 2.75) is 47.5 Å². The number of ether oxygens (including phenoxy) is 2. The molecule has 0 aliphatic carbocycles. The van der Waals surface area contributed by atoms with Crippen molar-refractivity contribution in [3.63, 3.8) is 0 Å². The molecule has 1 aromatic carbocycles. The van der Waals surface area contributed by atoms with E-state index in [0.717, 1.165) is 6.42 Å². The van der Waals surface area contributed by atoms with E-state index < -0.39 is 17.4 Å². The largest absolute Gasteiger partial charge is 0.497 e. The number of carboxylic acid groups (broad SMARTS) is 1. The second kappa shape index (κ2) is 9.57. The number of aromatic carboxylic acids is 1. The standard InChI is InChI=1S/C21H31NO6/c1-7-21(5,13-20(2,3)4)19(26)22-10-11-28-18(25)15-9-8-14(27-6)12-16(15)17(23)24/h8-9,12H,7,10-11,13H2,1-6H3,(H,22,26)(H,23,24). The first kappa shape index (κ1) is 23.5. The fraction of sp³-hybridized carbons (Fsp3) is 0.571. The van der Waals surface area contributed by atoms with E-state index in [4.69, 9.17) is 9.47 Å². The zero-order valence-electron chi connectivity index (χ0n) is 17.5. The average Bonchev–Trinajstić information content (AvgIpc) is 2.62. The summed E-state index contributed by atoms with van der Waals surface area (Å²) < 4.78 is 10.1. The number of carboxylic acids is 1. The van der Waals surface area contributed by atoms with Crippen molar-refractivity contribution in [2.24, 2.45) is 10.8 Å². The Kier molecular flexibility index (Phi) is 8.02. The van der Waals surface area contributed by atoms with Gasteiger partial charge in [0.2, 0.25) is 5.91 Å². The molecule has 1 rings (SSSR count). The van der Waals surface area contributed by atoms with E-state index in [1.54, 1.807) is 0 Å². The quantitative estimate of drug-likeness (QED) is 0.492. The summed E-state index contributed by atoms with van der Waals surface area (Å²) in [6.07, 6.45) is 1.43. The second-order valence-electron chi connectivity index (χ2n) is 8.26. The normalized spacial score (nSPS) is 13.4. The van der Waals surface area contributed by atoms with Crippen LogP contribution >= 0.6 is 0 Å². The predicted octanol–water partition coefficient (Wildman–Crippen LogP) is 3.52. The highest BCUT2D eigenvalue weighted by Crippen LogP contribution is 2.36. The molecular formula is C21H31NO6. The van der Waals surface area contributed by atoms with Crippen LogP contribution in [0.1, 0.15) is 68.2 Å². The number of methoxy groups -OCH3 is 1. The van der Waals surface area contributed by atoms with Gasteiger partial charge in [0.25, 0.3) is 0 Å². The Labute approximate surface area is 166 Å². The molecule has 0 bridgehead atoms. The van der Waals surface area contributed by atoms with Crippen molar-refractivity contribution in [1.29, 1.82) is 0 Å². The summed E-state index contributed by atoms with van der Waals surface area (Å²) in [6, 6.07) is 4.10. The smallest absolute Gasteiger partial charge is 0.339 e. The van der Waals surface area contributed by atoms with Crippen molar-refractivity contribution in [2.75, 3.05) is 20.3 Å². The molecule has 0 saturated carbocycles. The van der Waals surface area contributed by atoms with Gasteiger partial charge in [0, 0.05) is 5.41 Å². The van der Waals surface area contributed by atoms with Crippen LogP contribution in [0.5, 0.6) is 5.75 Å². The molecule has 1 amide bonds. The Morgan fingerprint density at radius 3 is 2.25 bits per heavy atom. The van der Waals surface area contributed by atoms with E-state index in [-0.39, 0.29) is 35.6 Å². The third kappa shape index (κ3) is 6.55. The van der Waals surface area contributed by atoms with Crippen LogP contribution in [0.25, 0.3) is 0 Å². The topological polar surface area (TPSA) is 102 Å². The zero-order valence-corrected chi connectivity index (χ0v) is 17.5. The van der Waals surface area contributed by atoms with Crippen LogP contribution in [0.2, 0.25) is 0 Å². The summed E-state index contributed by atoms with van der Waals surface area (Å²) in [5.74, 6) is -1.77. The van der Waals surface area contributed by atoms with Gasteiger partial charge in [-0.3, -0.25) is 4.79 Å². The van der Waals surface area contributed by atoms with Gasteiger partial charge in [0.15, 0.2) is 0 Å². The van der Waals surface area contributed by atoms with Crippen molar-refractivity contribution >= 4 is 17.8 Å². The van der Waals surface area contributed by atoms with Crippen molar-refractivity contribution in [3.05, 3.63) is 29.3 Å². The van der Waals surface area contributed by atoms with Gasteiger partial charge >= 0.3 is 11.9 Å². The van der Waals surface area contributed by atoms with E-state index in [0.29, 0.717) is 12.2 Å². The SMILES string of the molecule is CCC(C)(CC(C)(C)C)C(=O)NCCOC(=O)c1ccc(OC)cc1C(=O)O. The molecule has 0 heterocycles. The van der Waals surface area contributed by atoms with Gasteiger partial charge in [0.1, 0.15) is 12.4 Å². The minimum absolute atomic E-state index is 0.0101. The molecule has 7 nitrogen and oxygen atoms in total. The molecule has 1 atom stereocenters. The first-order valence-corrected chi connectivity index (χ1v) is 9.30. The van der Waals surface area contributed by atoms with Crippen molar-refractivity contribution < 1.29 is 29.0 Å². The maximum atomic E-state index is 12.6. The Balaban J connectivity index is 2.66. The summed E-state index contributed by atoms with van der Waals surface area (Å²) in [5.41, 5.74) is -0.756. The molecule has 0 aromatic heterocycles. The molecular weight excluding hydrogens is 362 g/mol. The maximum Gasteiger partial charge on any atom is 0.339 e. The van der Waals surface area contributed by atoms with E-state index in [1.165, 1.54) is 25.3 Å². The molecule has 2 N–H and O–H groups in total. The fourth-order valence-electron chi connectivity index (χ4n) is 3.14. The van der Waals surface area contributed by atoms with Gasteiger partial charge in [-0.2, -0.15) is 0 Å². The maximum absolute atomic E-state index is 12.6. The molecule has 0 fully saturated rings. The lowest BCUT2D eigenvalue weighted by Gasteiger charge is -2.33. The highest BCUT2D eigenvalue weighted by Gasteiger charge is 2.35. The second-order valence-corrected chi connectivity index (χ2v) is 8.26. The Morgan fingerprint density at radius 1 is 1.11 bits per heavy atom. The number of nitrogens with one attached hydrogen (secondary N) is 1. The monoisotopic (exact) mass is 393 g/mol. The number of esters is 1. The highest BCUT2D eigenvalue weighted by molar-refractivity contribution is 6.02. The lowest BCUT2D eigenvalue weighted by atomic mass is 9.73. The van der Waals surface area contributed by atoms with Crippen LogP contribution in [0.4, 0.5) is 0 Å². The number of rotatable bonds is 9. The van der Waals surface area contributed by atoms with E-state index in [9.17, 15) is 19.5 Å². The van der Waals surface area contributed by atoms with Crippen LogP contribution in [0.3, 0.4) is 0 Å². The van der Waals surface area contributed by atoms with Crippen LogP contribution in [0.15, 0.2) is 18.2 Å². The first-order valence-electron chi connectivity index (χ1n) is 9.30. The molecule has 7 heteroatoms. The summed E-state index contributed by atoms with van der Waals surface area (Å²) in [5, 5.41) is 12.1. The molecule has 1 aromatic rings. The van der Waals surface area contributed by atoms with E-state index in [2.05, 4.69) is 26.1 Å². The summed E-state index contributed by atoms with van der Waals surface area (Å²) in [7, 11) is 1.41. The highest BCUT2D eigenvalue weighted by atomic mass is 16.5. The molecule has 156 valence electrons. The third-order valence-corrected chi connectivity index (χ3v) is 4.55. The van der Waals surface area contributed by atoms with E-state index >= 15 is 0 Å². The predicted molar refractivity (Wildman–Crippen MR) is 106 cm³/mol. The summed E-state index contributed by atoms with van der Waals surface area (Å²) in [6.45, 7) is 10.3. The molecule has 0 aliphatic rings. The molecule has 0 spiro atoms. The summed E-state index contributed by atoms with van der Waals surface area (Å²) >= 11 is 0. The number of benzene rings is 1. The number of hydrogen-bond acceptors (Lipinski definition) is 5. The van der Waals surface area contributed by atoms with Gasteiger partial charge in [-0.05, 0) is 36.5 Å². The Bertz CT molecular complexity index is 722. The fourth-order valence-corrected chi connectivity index (χ4v) is 3.14. The number of amides is 1. The Hall–Kier alpha value is -2.57. The van der Waals surface area contributed by atoms with Crippen molar-refractivity contribution in [1.82, 2.24) is 5.32 Å². The van der Waals surface area contributed by atoms with Gasteiger partial charge in [-0.25, -0.2) is 9.59 Å². The third-order valence-electron chi connectivity index (χ3n) is 4.55. The average molecular weight is 393 g/mol. The number of carbonyl (C=O) groups excluding carboxylic acids is 2. The molecule has 28 heavy (non-hydrogen) atoms. The van der Waals surface area contributed by atoms with Crippen molar-refractivity contribution in [3.8, 4) is 5.75 Å². The van der Waals surface area contributed by atoms with Gasteiger partial charge in [-0.1, -0.05) is 34.6 Å². The number of carbonyl (C=O) groups is 3. The van der Waals surface area contributed by atoms with Gasteiger partial charge in [0.05, 0.1) is 24.8 Å². The molecule has 0 saturated heterocycles. The lowest BCUT2D eigenvalue weighted by molar-refractivity contribution is -0.132. The number of hydrogen-bond donors (Lipinski definition) is 2. The van der Waals surface area contributed by atoms with E-state index in [1.807, 2.05) is 13.8 Å². The molecule has 0 aliphatic heterocycles. The van der Waals surface area contributed by atoms with Crippen LogP contribution in [0, 0.1) is 10.8 Å². The molecule has 1 unspecified atom stereocenters. The lowest BCUT2D eigenvalue weighted by Crippen LogP contribution is -2.42. The van der Waals surface area contributed by atoms with Crippen LogP contribution in [-0.4, -0.2) is 43.2 Å². The minimum Gasteiger partial charge on any atom is -0.497 e. The van der Waals surface area contributed by atoms with Gasteiger partial charge in [-0.15, -0.1) is 0 Å².